The summed E-state index contributed by atoms with van der Waals surface area (Å²) in [6, 6.07) is 0. The number of aliphatic hydroxyl groups is 2. The van der Waals surface area contributed by atoms with Gasteiger partial charge in [-0.25, -0.2) is 0 Å². The van der Waals surface area contributed by atoms with E-state index in [1.165, 1.54) is 140 Å². The van der Waals surface area contributed by atoms with Crippen molar-refractivity contribution in [2.24, 2.45) is 105 Å². The third-order valence-electron chi connectivity index (χ3n) is 23.5. The van der Waals surface area contributed by atoms with Gasteiger partial charge in [0.25, 0.3) is 0 Å². The van der Waals surface area contributed by atoms with Crippen LogP contribution in [0.1, 0.15) is 236 Å². The molecule has 6 saturated carbocycles. The number of ether oxygens (including phenoxy) is 1. The van der Waals surface area contributed by atoms with E-state index in [0.29, 0.717) is 24.0 Å². The third-order valence-corrected chi connectivity index (χ3v) is 23.5. The van der Waals surface area contributed by atoms with Crippen LogP contribution < -0.4 is 0 Å². The molecule has 8 aliphatic carbocycles. The van der Waals surface area contributed by atoms with Crippen molar-refractivity contribution in [3.8, 4) is 0 Å². The molecule has 3 nitrogen and oxygen atoms in total. The maximum absolute atomic E-state index is 12.0. The minimum absolute atomic E-state index is 0.157. The Labute approximate surface area is 402 Å². The molecule has 0 heterocycles. The third kappa shape index (κ3) is 9.63. The van der Waals surface area contributed by atoms with Gasteiger partial charge in [0.05, 0.1) is 12.2 Å². The summed E-state index contributed by atoms with van der Waals surface area (Å²) < 4.78 is 6.33. The Kier molecular flexibility index (Phi) is 16.4. The van der Waals surface area contributed by atoms with Crippen LogP contribution in [0, 0.1) is 105 Å². The molecule has 372 valence electrons. The molecule has 0 radical (unpaired) electrons. The zero-order valence-electron chi connectivity index (χ0n) is 44.5. The predicted octanol–water partition coefficient (Wildman–Crippen LogP) is 16.6. The van der Waals surface area contributed by atoms with Gasteiger partial charge in [0.2, 0.25) is 0 Å². The molecule has 0 aromatic rings. The molecular weight excluding hydrogens is 793 g/mol. The number of aliphatic hydroxyl groups excluding tert-OH is 2. The molecule has 0 aliphatic heterocycles. The van der Waals surface area contributed by atoms with Crippen molar-refractivity contribution in [3.05, 3.63) is 23.3 Å². The lowest BCUT2D eigenvalue weighted by Gasteiger charge is -2.61. The number of fused-ring (bicyclic) bond motifs is 10. The molecule has 4 unspecified atom stereocenters. The molecule has 0 bridgehead atoms. The van der Waals surface area contributed by atoms with Crippen molar-refractivity contribution in [3.63, 3.8) is 0 Å². The van der Waals surface area contributed by atoms with Crippen molar-refractivity contribution >= 4 is 0 Å². The number of hydrogen-bond donors (Lipinski definition) is 2. The average Bonchev–Trinajstić information content (AvgIpc) is 3.81. The Morgan fingerprint density at radius 3 is 1.29 bits per heavy atom. The molecule has 65 heavy (non-hydrogen) atoms. The smallest absolute Gasteiger partial charge is 0.0756 e. The lowest BCUT2D eigenvalue weighted by Crippen LogP contribution is -2.54. The Morgan fingerprint density at radius 1 is 0.477 bits per heavy atom. The molecule has 8 rings (SSSR count). The highest BCUT2D eigenvalue weighted by Gasteiger charge is 2.63. The molecule has 0 aromatic heterocycles. The second-order valence-electron chi connectivity index (χ2n) is 27.3. The molecule has 0 saturated heterocycles. The molecule has 18 atom stereocenters. The molecule has 8 aliphatic rings. The zero-order chi connectivity index (χ0) is 46.3. The highest BCUT2D eigenvalue weighted by atomic mass is 16.5. The van der Waals surface area contributed by atoms with Crippen molar-refractivity contribution in [2.45, 2.75) is 248 Å². The van der Waals surface area contributed by atoms with E-state index in [4.69, 9.17) is 4.74 Å². The minimum atomic E-state index is -0.338. The monoisotopic (exact) mass is 899 g/mol. The average molecular weight is 900 g/mol. The van der Waals surface area contributed by atoms with Crippen molar-refractivity contribution in [2.75, 3.05) is 13.2 Å². The van der Waals surface area contributed by atoms with Crippen molar-refractivity contribution in [1.29, 1.82) is 0 Å². The summed E-state index contributed by atoms with van der Waals surface area (Å²) in [5.41, 5.74) is 4.19. The van der Waals surface area contributed by atoms with Crippen LogP contribution in [0.3, 0.4) is 0 Å². The van der Waals surface area contributed by atoms with Crippen LogP contribution in [0.5, 0.6) is 0 Å². The van der Waals surface area contributed by atoms with Gasteiger partial charge in [-0.2, -0.15) is 0 Å². The predicted molar refractivity (Wildman–Crippen MR) is 274 cm³/mol. The van der Waals surface area contributed by atoms with Crippen molar-refractivity contribution in [1.82, 2.24) is 0 Å². The standard InChI is InChI=1S/C62H106O3/c1-41(2)17-11-19-43(5)49-31-33-51-47-29-27-45-21-13-23-55(61(45,9)53(47)35-37-59(49,51)7)57(63)25-15-39-65-40-16-26-58(64)56-24-14-22-46-28-30-48-52-34-32-50(44(6)20-12-18-42(3)4)60(52,8)38-36-54(48)62(46,56)10/h23-24,41-54,57-58,63-64H,11-22,25-40H2,1-10H3/t43-,44-,45?,46?,47+,48+,49-,50-,51+,52+,53+,54+,57?,58?,59-,60-,61+,62+/m1/s1. The quantitative estimate of drug-likeness (QED) is 0.0945. The SMILES string of the molecule is CC(C)CCC[C@@H](C)[C@H]1CC[C@H]2[C@@H]3CCC4CCC=C(C(O)CCCOCCCC(O)C5=CCCC6CC[C@H]7[C@@H]8CC[C@H]([C@H](C)CCCC(C)C)[C@@]8(C)CC[C@@H]7[C@@]56C)[C@]4(C)[C@H]3CC[C@]12C. The van der Waals surface area contributed by atoms with Crippen LogP contribution in [-0.4, -0.2) is 35.6 Å². The van der Waals surface area contributed by atoms with Gasteiger partial charge >= 0.3 is 0 Å². The van der Waals surface area contributed by atoms with Gasteiger partial charge in [-0.1, -0.05) is 120 Å². The lowest BCUT2D eigenvalue weighted by molar-refractivity contribution is -0.0959. The maximum Gasteiger partial charge on any atom is 0.0756 e. The molecule has 0 spiro atoms. The number of rotatable bonds is 20. The summed E-state index contributed by atoms with van der Waals surface area (Å²) in [6.07, 6.45) is 38.1. The second-order valence-corrected chi connectivity index (χ2v) is 27.3. The summed E-state index contributed by atoms with van der Waals surface area (Å²) in [7, 11) is 0. The molecule has 3 heteroatoms. The second kappa shape index (κ2) is 21.0. The van der Waals surface area contributed by atoms with Crippen LogP contribution >= 0.6 is 0 Å². The first-order valence-corrected chi connectivity index (χ1v) is 29.4. The van der Waals surface area contributed by atoms with Gasteiger partial charge in [-0.05, 0) is 244 Å². The fourth-order valence-electron chi connectivity index (χ4n) is 20.2. The highest BCUT2D eigenvalue weighted by molar-refractivity contribution is 5.29. The fraction of sp³-hybridized carbons (Fsp3) is 0.935. The number of allylic oxidation sites excluding steroid dienone is 2. The summed E-state index contributed by atoms with van der Waals surface area (Å²) in [5.74, 6) is 11.5. The van der Waals surface area contributed by atoms with Crippen LogP contribution in [0.15, 0.2) is 23.3 Å². The first-order valence-electron chi connectivity index (χ1n) is 29.4. The molecule has 6 fully saturated rings. The molecule has 0 amide bonds. The molecule has 0 aromatic carbocycles. The van der Waals surface area contributed by atoms with E-state index in [1.54, 1.807) is 0 Å². The van der Waals surface area contributed by atoms with Crippen LogP contribution in [0.2, 0.25) is 0 Å². The number of hydrogen-bond acceptors (Lipinski definition) is 3. The Balaban J connectivity index is 0.803. The van der Waals surface area contributed by atoms with E-state index >= 15 is 0 Å². The Hall–Kier alpha value is -0.640. The Morgan fingerprint density at radius 2 is 0.892 bits per heavy atom. The summed E-state index contributed by atoms with van der Waals surface area (Å²) >= 11 is 0. The van der Waals surface area contributed by atoms with E-state index in [-0.39, 0.29) is 23.0 Å². The maximum atomic E-state index is 12.0. The van der Waals surface area contributed by atoms with Gasteiger partial charge in [0, 0.05) is 13.2 Å². The van der Waals surface area contributed by atoms with Gasteiger partial charge in [0.15, 0.2) is 0 Å². The van der Waals surface area contributed by atoms with Crippen molar-refractivity contribution < 1.29 is 14.9 Å². The minimum Gasteiger partial charge on any atom is -0.389 e. The van der Waals surface area contributed by atoms with E-state index in [2.05, 4.69) is 81.4 Å². The van der Waals surface area contributed by atoms with Gasteiger partial charge in [0.1, 0.15) is 0 Å². The lowest BCUT2D eigenvalue weighted by atomic mass is 9.43. The summed E-state index contributed by atoms with van der Waals surface area (Å²) in [6.45, 7) is 26.9. The first kappa shape index (κ1) is 50.7. The Bertz CT molecular complexity index is 1490. The van der Waals surface area contributed by atoms with E-state index in [0.717, 1.165) is 121 Å². The zero-order valence-corrected chi connectivity index (χ0v) is 44.5. The van der Waals surface area contributed by atoms with E-state index in [9.17, 15) is 10.2 Å². The van der Waals surface area contributed by atoms with E-state index < -0.39 is 0 Å². The topological polar surface area (TPSA) is 49.7 Å². The van der Waals surface area contributed by atoms with Crippen LogP contribution in [0.4, 0.5) is 0 Å². The molecule has 2 N–H and O–H groups in total. The first-order chi connectivity index (χ1) is 31.0. The normalized spacial score (nSPS) is 43.0. The van der Waals surface area contributed by atoms with Gasteiger partial charge in [-0.3, -0.25) is 0 Å². The largest absolute Gasteiger partial charge is 0.389 e. The summed E-state index contributed by atoms with van der Waals surface area (Å²) in [5, 5.41) is 24.1. The van der Waals surface area contributed by atoms with Crippen LogP contribution in [0.25, 0.3) is 0 Å². The molecular formula is C62H106O3. The highest BCUT2D eigenvalue weighted by Crippen LogP contribution is 2.71. The summed E-state index contributed by atoms with van der Waals surface area (Å²) in [4.78, 5) is 0. The fourth-order valence-corrected chi connectivity index (χ4v) is 20.2. The van der Waals surface area contributed by atoms with Gasteiger partial charge in [-0.15, -0.1) is 0 Å². The van der Waals surface area contributed by atoms with Crippen LogP contribution in [-0.2, 0) is 4.74 Å². The van der Waals surface area contributed by atoms with Gasteiger partial charge < -0.3 is 14.9 Å². The van der Waals surface area contributed by atoms with E-state index in [1.807, 2.05) is 0 Å².